The second-order valence-corrected chi connectivity index (χ2v) is 5.75. The smallest absolute Gasteiger partial charge is 0.293 e. The zero-order valence-corrected chi connectivity index (χ0v) is 12.3. The Bertz CT molecular complexity index is 545. The van der Waals surface area contributed by atoms with Gasteiger partial charge in [-0.15, -0.1) is 11.3 Å². The summed E-state index contributed by atoms with van der Waals surface area (Å²) in [5.41, 5.74) is 0.665. The average molecular weight is 375 g/mol. The number of thiazole rings is 1. The van der Waals surface area contributed by atoms with Crippen LogP contribution in [-0.4, -0.2) is 16.5 Å². The van der Waals surface area contributed by atoms with Gasteiger partial charge in [0, 0.05) is 34.2 Å². The van der Waals surface area contributed by atoms with Crippen LogP contribution in [0.1, 0.15) is 5.01 Å². The normalized spacial score (nSPS) is 10.3. The highest BCUT2D eigenvalue weighted by molar-refractivity contribution is 14.1. The molecule has 0 spiro atoms. The third-order valence-electron chi connectivity index (χ3n) is 2.29. The highest BCUT2D eigenvalue weighted by Gasteiger charge is 2.13. The van der Waals surface area contributed by atoms with E-state index in [-0.39, 0.29) is 10.6 Å². The Kier molecular flexibility index (Phi) is 4.48. The molecule has 0 radical (unpaired) electrons. The van der Waals surface area contributed by atoms with E-state index in [0.29, 0.717) is 12.2 Å². The Hall–Kier alpha value is -1.22. The van der Waals surface area contributed by atoms with E-state index >= 15 is 0 Å². The first-order valence-corrected chi connectivity index (χ1v) is 7.19. The van der Waals surface area contributed by atoms with Crippen molar-refractivity contribution < 1.29 is 4.92 Å². The molecular weight excluding hydrogens is 365 g/mol. The summed E-state index contributed by atoms with van der Waals surface area (Å²) < 4.78 is 0.852. The van der Waals surface area contributed by atoms with E-state index in [1.165, 1.54) is 0 Å². The third-order valence-corrected chi connectivity index (χ3v) is 3.80. The molecule has 94 valence electrons. The number of halogens is 1. The van der Waals surface area contributed by atoms with Gasteiger partial charge in [0.25, 0.3) is 5.69 Å². The zero-order valence-electron chi connectivity index (χ0n) is 9.30. The predicted octanol–water partition coefficient (Wildman–Crippen LogP) is 3.31. The average Bonchev–Trinajstić information content (AvgIpc) is 2.84. The molecule has 0 aliphatic heterocycles. The minimum absolute atomic E-state index is 0.112. The summed E-state index contributed by atoms with van der Waals surface area (Å²) in [5.74, 6) is 0. The highest BCUT2D eigenvalue weighted by Crippen LogP contribution is 2.26. The van der Waals surface area contributed by atoms with Gasteiger partial charge >= 0.3 is 0 Å². The Morgan fingerprint density at radius 2 is 2.33 bits per heavy atom. The van der Waals surface area contributed by atoms with E-state index in [1.54, 1.807) is 29.7 Å². The maximum absolute atomic E-state index is 10.9. The van der Waals surface area contributed by atoms with Gasteiger partial charge in [-0.3, -0.25) is 10.1 Å². The summed E-state index contributed by atoms with van der Waals surface area (Å²) in [6, 6.07) is 5.15. The molecule has 2 aromatic rings. The van der Waals surface area contributed by atoms with Crippen LogP contribution in [0.15, 0.2) is 29.8 Å². The summed E-state index contributed by atoms with van der Waals surface area (Å²) in [4.78, 5) is 14.7. The molecule has 0 saturated carbocycles. The molecule has 0 fully saturated rings. The van der Waals surface area contributed by atoms with Gasteiger partial charge in [-0.2, -0.15) is 0 Å². The third kappa shape index (κ3) is 3.39. The van der Waals surface area contributed by atoms with Crippen LogP contribution in [0.2, 0.25) is 0 Å². The molecule has 2 rings (SSSR count). The number of nitrogens with one attached hydrogen (secondary N) is 1. The molecule has 7 heteroatoms. The zero-order chi connectivity index (χ0) is 13.0. The first-order chi connectivity index (χ1) is 8.66. The summed E-state index contributed by atoms with van der Waals surface area (Å²) in [5, 5.41) is 16.9. The maximum atomic E-state index is 10.9. The molecule has 0 amide bonds. The molecular formula is C11H10IN3O2S. The lowest BCUT2D eigenvalue weighted by Gasteiger charge is -2.06. The van der Waals surface area contributed by atoms with Crippen LogP contribution in [0.5, 0.6) is 0 Å². The fraction of sp³-hybridized carbons (Fsp3) is 0.182. The fourth-order valence-corrected chi connectivity index (χ4v) is 2.58. The number of rotatable bonds is 5. The predicted molar refractivity (Wildman–Crippen MR) is 80.1 cm³/mol. The number of nitro benzene ring substituents is 1. The molecule has 0 atom stereocenters. The van der Waals surface area contributed by atoms with Gasteiger partial charge in [-0.1, -0.05) is 0 Å². The van der Waals surface area contributed by atoms with Crippen LogP contribution in [-0.2, 0) is 6.42 Å². The van der Waals surface area contributed by atoms with Crippen molar-refractivity contribution in [2.24, 2.45) is 0 Å². The molecule has 0 aliphatic rings. The van der Waals surface area contributed by atoms with Crippen molar-refractivity contribution in [3.8, 4) is 0 Å². The molecule has 1 N–H and O–H groups in total. The molecule has 0 bridgehead atoms. The van der Waals surface area contributed by atoms with Gasteiger partial charge in [-0.25, -0.2) is 4.98 Å². The van der Waals surface area contributed by atoms with Crippen LogP contribution in [0, 0.1) is 13.7 Å². The first-order valence-electron chi connectivity index (χ1n) is 5.23. The van der Waals surface area contributed by atoms with Gasteiger partial charge in [0.1, 0.15) is 5.69 Å². The number of benzene rings is 1. The number of hydrogen-bond donors (Lipinski definition) is 1. The van der Waals surface area contributed by atoms with Crippen molar-refractivity contribution in [2.45, 2.75) is 6.42 Å². The Morgan fingerprint density at radius 1 is 1.50 bits per heavy atom. The van der Waals surface area contributed by atoms with Crippen LogP contribution in [0.4, 0.5) is 11.4 Å². The fourth-order valence-electron chi connectivity index (χ4n) is 1.49. The molecule has 18 heavy (non-hydrogen) atoms. The van der Waals surface area contributed by atoms with Crippen molar-refractivity contribution in [1.29, 1.82) is 0 Å². The van der Waals surface area contributed by atoms with Gasteiger partial charge < -0.3 is 5.32 Å². The number of nitro groups is 1. The van der Waals surface area contributed by atoms with Gasteiger partial charge in [0.2, 0.25) is 0 Å². The Morgan fingerprint density at radius 3 is 3.00 bits per heavy atom. The van der Waals surface area contributed by atoms with Gasteiger partial charge in [0.05, 0.1) is 9.93 Å². The van der Waals surface area contributed by atoms with E-state index in [4.69, 9.17) is 0 Å². The summed E-state index contributed by atoms with van der Waals surface area (Å²) in [6.07, 6.45) is 2.52. The van der Waals surface area contributed by atoms with Crippen LogP contribution >= 0.6 is 33.9 Å². The molecule has 0 saturated heterocycles. The van der Waals surface area contributed by atoms with Crippen molar-refractivity contribution in [1.82, 2.24) is 4.98 Å². The highest BCUT2D eigenvalue weighted by atomic mass is 127. The van der Waals surface area contributed by atoms with E-state index in [1.807, 2.05) is 11.4 Å². The number of aromatic nitrogens is 1. The van der Waals surface area contributed by atoms with Crippen molar-refractivity contribution in [3.05, 3.63) is 48.5 Å². The largest absolute Gasteiger partial charge is 0.379 e. The Labute approximate surface area is 122 Å². The lowest BCUT2D eigenvalue weighted by Crippen LogP contribution is -2.06. The second kappa shape index (κ2) is 6.10. The summed E-state index contributed by atoms with van der Waals surface area (Å²) >= 11 is 3.65. The van der Waals surface area contributed by atoms with Gasteiger partial charge in [0.15, 0.2) is 0 Å². The molecule has 0 aliphatic carbocycles. The van der Waals surface area contributed by atoms with Crippen molar-refractivity contribution in [2.75, 3.05) is 11.9 Å². The van der Waals surface area contributed by atoms with Crippen molar-refractivity contribution >= 4 is 45.3 Å². The monoisotopic (exact) mass is 375 g/mol. The second-order valence-electron chi connectivity index (χ2n) is 3.52. The molecule has 1 aromatic heterocycles. The SMILES string of the molecule is O=[N+]([O-])c1cc(I)ccc1NCCc1nccs1. The van der Waals surface area contributed by atoms with Crippen LogP contribution in [0.3, 0.4) is 0 Å². The van der Waals surface area contributed by atoms with E-state index in [2.05, 4.69) is 32.9 Å². The Balaban J connectivity index is 2.02. The minimum atomic E-state index is -0.367. The minimum Gasteiger partial charge on any atom is -0.379 e. The number of nitrogens with zero attached hydrogens (tertiary/aromatic N) is 2. The molecule has 1 aromatic carbocycles. The van der Waals surface area contributed by atoms with Crippen LogP contribution in [0.25, 0.3) is 0 Å². The quantitative estimate of drug-likeness (QED) is 0.495. The maximum Gasteiger partial charge on any atom is 0.293 e. The number of hydrogen-bond acceptors (Lipinski definition) is 5. The van der Waals surface area contributed by atoms with Gasteiger partial charge in [-0.05, 0) is 34.7 Å². The van der Waals surface area contributed by atoms with Crippen LogP contribution < -0.4 is 5.32 Å². The summed E-state index contributed by atoms with van der Waals surface area (Å²) in [6.45, 7) is 0.634. The van der Waals surface area contributed by atoms with E-state index < -0.39 is 0 Å². The van der Waals surface area contributed by atoms with Crippen molar-refractivity contribution in [3.63, 3.8) is 0 Å². The molecule has 5 nitrogen and oxygen atoms in total. The van der Waals surface area contributed by atoms with E-state index in [9.17, 15) is 10.1 Å². The van der Waals surface area contributed by atoms with E-state index in [0.717, 1.165) is 15.0 Å². The molecule has 0 unspecified atom stereocenters. The molecule has 1 heterocycles. The summed E-state index contributed by atoms with van der Waals surface area (Å²) in [7, 11) is 0. The number of anilines is 1. The lowest BCUT2D eigenvalue weighted by molar-refractivity contribution is -0.384. The lowest BCUT2D eigenvalue weighted by atomic mass is 10.2. The topological polar surface area (TPSA) is 68.1 Å². The first kappa shape index (κ1) is 13.2. The standard InChI is InChI=1S/C11H10IN3O2S/c12-8-1-2-9(10(7-8)15(16)17)13-4-3-11-14-5-6-18-11/h1-2,5-7,13H,3-4H2.